The molecule has 3 aromatic rings. The normalized spacial score (nSPS) is 11.0. The summed E-state index contributed by atoms with van der Waals surface area (Å²) in [6, 6.07) is 25.8. The Morgan fingerprint density at radius 1 is 0.704 bits per heavy atom. The van der Waals surface area contributed by atoms with Crippen LogP contribution in [-0.4, -0.2) is 6.61 Å². The molecule has 0 aliphatic rings. The van der Waals surface area contributed by atoms with Crippen LogP contribution >= 0.6 is 0 Å². The second kappa shape index (κ2) is 9.70. The maximum absolute atomic E-state index is 5.66. The fourth-order valence-electron chi connectivity index (χ4n) is 2.94. The number of benzene rings is 3. The van der Waals surface area contributed by atoms with Gasteiger partial charge in [-0.25, -0.2) is 0 Å². The SMILES string of the molecule is C=Cc1ccc(-c2ccc(-c3ccc(COC/C=C/CC)cc3)cc2)cc1. The molecule has 0 spiro atoms. The summed E-state index contributed by atoms with van der Waals surface area (Å²) in [4.78, 5) is 0. The third-order valence-corrected chi connectivity index (χ3v) is 4.54. The molecule has 0 saturated carbocycles. The molecule has 0 atom stereocenters. The van der Waals surface area contributed by atoms with Crippen molar-refractivity contribution >= 4 is 6.08 Å². The highest BCUT2D eigenvalue weighted by molar-refractivity contribution is 5.71. The van der Waals surface area contributed by atoms with E-state index in [1.54, 1.807) is 0 Å². The van der Waals surface area contributed by atoms with Crippen LogP contribution in [0.4, 0.5) is 0 Å². The van der Waals surface area contributed by atoms with Gasteiger partial charge in [-0.1, -0.05) is 105 Å². The molecular formula is C26H26O. The molecule has 0 bridgehead atoms. The standard InChI is InChI=1S/C26H26O/c1-3-5-6-19-27-20-22-9-13-24(14-10-22)26-17-15-25(16-18-26)23-11-7-21(4-2)8-12-23/h4-18H,2-3,19-20H2,1H3/b6-5+. The molecule has 1 heteroatoms. The monoisotopic (exact) mass is 354 g/mol. The molecule has 3 aromatic carbocycles. The van der Waals surface area contributed by atoms with Gasteiger partial charge in [0, 0.05) is 0 Å². The van der Waals surface area contributed by atoms with Crippen LogP contribution in [0, 0.1) is 0 Å². The molecule has 0 aromatic heterocycles. The minimum atomic E-state index is 0.647. The summed E-state index contributed by atoms with van der Waals surface area (Å²) in [5, 5.41) is 0. The topological polar surface area (TPSA) is 9.23 Å². The Bertz CT molecular complexity index is 869. The van der Waals surface area contributed by atoms with E-state index in [0.29, 0.717) is 13.2 Å². The zero-order valence-corrected chi connectivity index (χ0v) is 15.9. The average Bonchev–Trinajstić information content (AvgIpc) is 2.74. The van der Waals surface area contributed by atoms with Crippen LogP contribution < -0.4 is 0 Å². The minimum absolute atomic E-state index is 0.647. The smallest absolute Gasteiger partial charge is 0.0721 e. The fourth-order valence-corrected chi connectivity index (χ4v) is 2.94. The lowest BCUT2D eigenvalue weighted by Gasteiger charge is -2.07. The van der Waals surface area contributed by atoms with E-state index in [-0.39, 0.29) is 0 Å². The van der Waals surface area contributed by atoms with Gasteiger partial charge in [-0.15, -0.1) is 0 Å². The van der Waals surface area contributed by atoms with Gasteiger partial charge in [0.2, 0.25) is 0 Å². The number of allylic oxidation sites excluding steroid dienone is 1. The molecule has 1 nitrogen and oxygen atoms in total. The first kappa shape index (κ1) is 18.9. The molecule has 0 N–H and O–H groups in total. The number of rotatable bonds is 8. The van der Waals surface area contributed by atoms with Gasteiger partial charge < -0.3 is 4.74 Å². The summed E-state index contributed by atoms with van der Waals surface area (Å²) in [6.07, 6.45) is 7.11. The van der Waals surface area contributed by atoms with Crippen LogP contribution in [0.5, 0.6) is 0 Å². The molecule has 0 fully saturated rings. The van der Waals surface area contributed by atoms with Crippen LogP contribution in [0.25, 0.3) is 28.3 Å². The molecular weight excluding hydrogens is 328 g/mol. The van der Waals surface area contributed by atoms with Gasteiger partial charge in [-0.05, 0) is 39.8 Å². The molecule has 27 heavy (non-hydrogen) atoms. The lowest BCUT2D eigenvalue weighted by molar-refractivity contribution is 0.148. The van der Waals surface area contributed by atoms with Crippen LogP contribution in [0.15, 0.2) is 91.5 Å². The predicted octanol–water partition coefficient (Wildman–Crippen LogP) is 7.15. The van der Waals surface area contributed by atoms with Crippen molar-refractivity contribution in [2.75, 3.05) is 6.61 Å². The Hall–Kier alpha value is -2.90. The van der Waals surface area contributed by atoms with Gasteiger partial charge in [-0.3, -0.25) is 0 Å². The molecule has 0 radical (unpaired) electrons. The third-order valence-electron chi connectivity index (χ3n) is 4.54. The van der Waals surface area contributed by atoms with Crippen LogP contribution in [0.3, 0.4) is 0 Å². The summed E-state index contributed by atoms with van der Waals surface area (Å²) >= 11 is 0. The van der Waals surface area contributed by atoms with Crippen LogP contribution in [-0.2, 0) is 11.3 Å². The van der Waals surface area contributed by atoms with E-state index in [0.717, 1.165) is 12.0 Å². The molecule has 0 amide bonds. The Kier molecular flexibility index (Phi) is 6.78. The van der Waals surface area contributed by atoms with E-state index in [2.05, 4.69) is 98.5 Å². The van der Waals surface area contributed by atoms with Crippen molar-refractivity contribution < 1.29 is 4.74 Å². The summed E-state index contributed by atoms with van der Waals surface area (Å²) in [5.74, 6) is 0. The third kappa shape index (κ3) is 5.29. The Morgan fingerprint density at radius 3 is 1.67 bits per heavy atom. The quantitative estimate of drug-likeness (QED) is 0.308. The Balaban J connectivity index is 1.64. The van der Waals surface area contributed by atoms with E-state index in [1.807, 2.05) is 6.08 Å². The van der Waals surface area contributed by atoms with E-state index >= 15 is 0 Å². The van der Waals surface area contributed by atoms with E-state index in [9.17, 15) is 0 Å². The zero-order chi connectivity index (χ0) is 18.9. The van der Waals surface area contributed by atoms with Crippen molar-refractivity contribution in [1.82, 2.24) is 0 Å². The highest BCUT2D eigenvalue weighted by Crippen LogP contribution is 2.25. The first-order valence-corrected chi connectivity index (χ1v) is 9.45. The van der Waals surface area contributed by atoms with Crippen LogP contribution in [0.2, 0.25) is 0 Å². The van der Waals surface area contributed by atoms with Gasteiger partial charge >= 0.3 is 0 Å². The van der Waals surface area contributed by atoms with Crippen molar-refractivity contribution in [2.45, 2.75) is 20.0 Å². The van der Waals surface area contributed by atoms with Crippen molar-refractivity contribution in [3.63, 3.8) is 0 Å². The lowest BCUT2D eigenvalue weighted by Crippen LogP contribution is -1.92. The molecule has 0 unspecified atom stereocenters. The first-order chi connectivity index (χ1) is 13.3. The van der Waals surface area contributed by atoms with Gasteiger partial charge in [0.25, 0.3) is 0 Å². The molecule has 0 aliphatic carbocycles. The zero-order valence-electron chi connectivity index (χ0n) is 15.9. The highest BCUT2D eigenvalue weighted by atomic mass is 16.5. The summed E-state index contributed by atoms with van der Waals surface area (Å²) in [5.41, 5.74) is 7.22. The van der Waals surface area contributed by atoms with Crippen molar-refractivity contribution in [3.8, 4) is 22.3 Å². The van der Waals surface area contributed by atoms with Crippen molar-refractivity contribution in [3.05, 3.63) is 103 Å². The number of hydrogen-bond acceptors (Lipinski definition) is 1. The molecule has 0 heterocycles. The average molecular weight is 354 g/mol. The van der Waals surface area contributed by atoms with E-state index in [1.165, 1.54) is 27.8 Å². The lowest BCUT2D eigenvalue weighted by atomic mass is 9.99. The second-order valence-electron chi connectivity index (χ2n) is 6.50. The predicted molar refractivity (Wildman–Crippen MR) is 116 cm³/mol. The largest absolute Gasteiger partial charge is 0.373 e. The Labute approximate surface area is 162 Å². The maximum Gasteiger partial charge on any atom is 0.0721 e. The molecule has 136 valence electrons. The van der Waals surface area contributed by atoms with Gasteiger partial charge in [0.15, 0.2) is 0 Å². The summed E-state index contributed by atoms with van der Waals surface area (Å²) < 4.78 is 5.66. The second-order valence-corrected chi connectivity index (χ2v) is 6.50. The van der Waals surface area contributed by atoms with Gasteiger partial charge in [-0.2, -0.15) is 0 Å². The van der Waals surface area contributed by atoms with Gasteiger partial charge in [0.1, 0.15) is 0 Å². The molecule has 3 rings (SSSR count). The van der Waals surface area contributed by atoms with Crippen molar-refractivity contribution in [2.24, 2.45) is 0 Å². The first-order valence-electron chi connectivity index (χ1n) is 9.45. The maximum atomic E-state index is 5.66. The van der Waals surface area contributed by atoms with Crippen molar-refractivity contribution in [1.29, 1.82) is 0 Å². The van der Waals surface area contributed by atoms with Crippen LogP contribution in [0.1, 0.15) is 24.5 Å². The van der Waals surface area contributed by atoms with E-state index in [4.69, 9.17) is 4.74 Å². The van der Waals surface area contributed by atoms with E-state index < -0.39 is 0 Å². The minimum Gasteiger partial charge on any atom is -0.373 e. The molecule has 0 saturated heterocycles. The summed E-state index contributed by atoms with van der Waals surface area (Å²) in [7, 11) is 0. The fraction of sp³-hybridized carbons (Fsp3) is 0.154. The van der Waals surface area contributed by atoms with Gasteiger partial charge in [0.05, 0.1) is 13.2 Å². The number of hydrogen-bond donors (Lipinski definition) is 0. The Morgan fingerprint density at radius 2 is 1.19 bits per heavy atom. The summed E-state index contributed by atoms with van der Waals surface area (Å²) in [6.45, 7) is 7.25. The molecule has 0 aliphatic heterocycles. The highest BCUT2D eigenvalue weighted by Gasteiger charge is 2.01. The number of ether oxygens (including phenoxy) is 1.